The summed E-state index contributed by atoms with van der Waals surface area (Å²) in [6, 6.07) is 3.82. The molecular formula is C23H28ClN5O5S2. The van der Waals surface area contributed by atoms with Gasteiger partial charge in [-0.1, -0.05) is 11.6 Å². The lowest BCUT2D eigenvalue weighted by Gasteiger charge is -2.46. The Hall–Kier alpha value is -2.28. The highest BCUT2D eigenvalue weighted by Crippen LogP contribution is 2.30. The summed E-state index contributed by atoms with van der Waals surface area (Å²) >= 11 is 6.97. The summed E-state index contributed by atoms with van der Waals surface area (Å²) in [5.41, 5.74) is 0.479. The fraction of sp³-hybridized carbons (Fsp3) is 0.565. The van der Waals surface area contributed by atoms with E-state index in [1.165, 1.54) is 11.0 Å². The van der Waals surface area contributed by atoms with Gasteiger partial charge < -0.3 is 14.7 Å². The first kappa shape index (κ1) is 25.4. The summed E-state index contributed by atoms with van der Waals surface area (Å²) in [5, 5.41) is 0.272. The predicted octanol–water partition coefficient (Wildman–Crippen LogP) is 1.55. The normalized spacial score (nSPS) is 24.9. The average Bonchev–Trinajstić information content (AvgIpc) is 3.25. The topological polar surface area (TPSA) is 120 Å². The second-order valence-corrected chi connectivity index (χ2v) is 13.3. The van der Waals surface area contributed by atoms with Crippen molar-refractivity contribution in [1.82, 2.24) is 24.4 Å². The van der Waals surface area contributed by atoms with Gasteiger partial charge in [-0.2, -0.15) is 4.72 Å². The fourth-order valence-corrected chi connectivity index (χ4v) is 8.18. The van der Waals surface area contributed by atoms with E-state index in [0.717, 1.165) is 17.8 Å². The van der Waals surface area contributed by atoms with E-state index in [0.29, 0.717) is 55.8 Å². The van der Waals surface area contributed by atoms with Crippen molar-refractivity contribution in [3.63, 3.8) is 0 Å². The standard InChI is InChI=1S/C23H28ClN5O5S2/c1-14(30)28-9-15-7-16(10-28)12-29(11-15)21(31)13-27-6-2-3-17(23(27)32)26-36(33,34)22-8-18-19(35-22)4-5-20(24)25-18/h4-5,8,15-17,26H,2-3,6-7,9-13H2,1H3/t15?,16?,17-/m0/s1. The number of piperidine rings is 3. The Morgan fingerprint density at radius 3 is 2.56 bits per heavy atom. The number of rotatable bonds is 5. The van der Waals surface area contributed by atoms with Gasteiger partial charge in [0.05, 0.1) is 16.8 Å². The summed E-state index contributed by atoms with van der Waals surface area (Å²) in [4.78, 5) is 47.3. The van der Waals surface area contributed by atoms with Gasteiger partial charge >= 0.3 is 0 Å². The van der Waals surface area contributed by atoms with Gasteiger partial charge in [-0.05, 0) is 49.3 Å². The first-order chi connectivity index (χ1) is 17.1. The summed E-state index contributed by atoms with van der Waals surface area (Å²) in [7, 11) is -3.95. The molecule has 36 heavy (non-hydrogen) atoms. The smallest absolute Gasteiger partial charge is 0.250 e. The molecule has 3 fully saturated rings. The summed E-state index contributed by atoms with van der Waals surface area (Å²) in [6.07, 6.45) is 1.96. The third-order valence-corrected chi connectivity index (χ3v) is 10.4. The molecule has 0 radical (unpaired) electrons. The second kappa shape index (κ2) is 9.88. The summed E-state index contributed by atoms with van der Waals surface area (Å²) < 4.78 is 29.3. The first-order valence-electron chi connectivity index (χ1n) is 12.0. The Kier molecular flexibility index (Phi) is 6.96. The largest absolute Gasteiger partial charge is 0.342 e. The highest BCUT2D eigenvalue weighted by atomic mass is 35.5. The Labute approximate surface area is 218 Å². The maximum absolute atomic E-state index is 13.1. The van der Waals surface area contributed by atoms with Gasteiger partial charge in [0.15, 0.2) is 0 Å². The minimum absolute atomic E-state index is 0.0626. The monoisotopic (exact) mass is 553 g/mol. The van der Waals surface area contributed by atoms with Crippen LogP contribution in [0.3, 0.4) is 0 Å². The summed E-state index contributed by atoms with van der Waals surface area (Å²) in [5.74, 6) is 0.0265. The Bertz CT molecular complexity index is 1300. The molecule has 0 aromatic carbocycles. The third-order valence-electron chi connectivity index (χ3n) is 7.12. The van der Waals surface area contributed by atoms with Gasteiger partial charge in [-0.25, -0.2) is 13.4 Å². The van der Waals surface area contributed by atoms with Crippen molar-refractivity contribution in [3.05, 3.63) is 23.4 Å². The molecule has 0 saturated carbocycles. The van der Waals surface area contributed by atoms with E-state index >= 15 is 0 Å². The number of likely N-dealkylation sites (tertiary alicyclic amines) is 3. The predicted molar refractivity (Wildman–Crippen MR) is 135 cm³/mol. The maximum Gasteiger partial charge on any atom is 0.250 e. The molecule has 3 aliphatic heterocycles. The molecule has 2 unspecified atom stereocenters. The number of carbonyl (C=O) groups is 3. The molecular weight excluding hydrogens is 526 g/mol. The van der Waals surface area contributed by atoms with Crippen LogP contribution in [0.2, 0.25) is 5.15 Å². The van der Waals surface area contributed by atoms with Gasteiger partial charge in [0.2, 0.25) is 17.7 Å². The Morgan fingerprint density at radius 1 is 1.17 bits per heavy atom. The van der Waals surface area contributed by atoms with E-state index < -0.39 is 16.1 Å². The molecule has 3 aliphatic rings. The van der Waals surface area contributed by atoms with Crippen LogP contribution in [0, 0.1) is 11.8 Å². The molecule has 13 heteroatoms. The number of pyridine rings is 1. The van der Waals surface area contributed by atoms with Crippen LogP contribution in [-0.4, -0.2) is 91.1 Å². The van der Waals surface area contributed by atoms with Crippen LogP contribution < -0.4 is 4.72 Å². The lowest BCUT2D eigenvalue weighted by Crippen LogP contribution is -2.58. The highest BCUT2D eigenvalue weighted by molar-refractivity contribution is 7.91. The molecule has 5 heterocycles. The number of nitrogens with zero attached hydrogens (tertiary/aromatic N) is 4. The lowest BCUT2D eigenvalue weighted by molar-refractivity contribution is -0.146. The minimum atomic E-state index is -3.95. The van der Waals surface area contributed by atoms with Gasteiger partial charge in [-0.3, -0.25) is 14.4 Å². The van der Waals surface area contributed by atoms with Crippen molar-refractivity contribution < 1.29 is 22.8 Å². The molecule has 2 bridgehead atoms. The number of nitrogens with one attached hydrogen (secondary N) is 1. The van der Waals surface area contributed by atoms with Crippen LogP contribution in [0.4, 0.5) is 0 Å². The summed E-state index contributed by atoms with van der Waals surface area (Å²) in [6.45, 7) is 4.36. The zero-order valence-corrected chi connectivity index (χ0v) is 22.2. The van der Waals surface area contributed by atoms with Crippen molar-refractivity contribution in [2.24, 2.45) is 11.8 Å². The quantitative estimate of drug-likeness (QED) is 0.561. The van der Waals surface area contributed by atoms with E-state index in [1.807, 2.05) is 4.90 Å². The van der Waals surface area contributed by atoms with E-state index in [4.69, 9.17) is 11.6 Å². The van der Waals surface area contributed by atoms with Crippen molar-refractivity contribution in [2.45, 2.75) is 36.4 Å². The fourth-order valence-electron chi connectivity index (χ4n) is 5.47. The Morgan fingerprint density at radius 2 is 1.86 bits per heavy atom. The molecule has 0 spiro atoms. The Balaban J connectivity index is 1.22. The van der Waals surface area contributed by atoms with E-state index in [9.17, 15) is 22.8 Å². The van der Waals surface area contributed by atoms with E-state index in [1.54, 1.807) is 24.0 Å². The molecule has 1 N–H and O–H groups in total. The lowest BCUT2D eigenvalue weighted by atomic mass is 9.84. The van der Waals surface area contributed by atoms with Crippen LogP contribution in [0.15, 0.2) is 22.4 Å². The number of sulfonamides is 1. The molecule has 3 atom stereocenters. The van der Waals surface area contributed by atoms with E-state index in [-0.39, 0.29) is 45.5 Å². The van der Waals surface area contributed by atoms with Crippen LogP contribution in [0.25, 0.3) is 10.2 Å². The third kappa shape index (κ3) is 5.22. The molecule has 0 aliphatic carbocycles. The SMILES string of the molecule is CC(=O)N1CC2CC(C1)CN(C(=O)CN1CCC[C@H](NS(=O)(=O)c3cc4nc(Cl)ccc4s3)C1=O)C2. The molecule has 3 amide bonds. The number of thiophene rings is 1. The van der Waals surface area contributed by atoms with Crippen LogP contribution in [0.5, 0.6) is 0 Å². The van der Waals surface area contributed by atoms with E-state index in [2.05, 4.69) is 9.71 Å². The zero-order chi connectivity index (χ0) is 25.6. The van der Waals surface area contributed by atoms with Crippen LogP contribution in [0.1, 0.15) is 26.2 Å². The number of fused-ring (bicyclic) bond motifs is 3. The van der Waals surface area contributed by atoms with Crippen LogP contribution >= 0.6 is 22.9 Å². The van der Waals surface area contributed by atoms with Gasteiger partial charge in [-0.15, -0.1) is 11.3 Å². The number of halogens is 1. The minimum Gasteiger partial charge on any atom is -0.342 e. The zero-order valence-electron chi connectivity index (χ0n) is 19.9. The van der Waals surface area contributed by atoms with Gasteiger partial charge in [0.25, 0.3) is 10.0 Å². The number of hydrogen-bond donors (Lipinski definition) is 1. The van der Waals surface area contributed by atoms with Crippen molar-refractivity contribution >= 4 is 60.9 Å². The number of hydrogen-bond acceptors (Lipinski definition) is 7. The number of carbonyl (C=O) groups excluding carboxylic acids is 3. The second-order valence-electron chi connectivity index (χ2n) is 9.85. The van der Waals surface area contributed by atoms with Gasteiger partial charge in [0, 0.05) is 39.6 Å². The van der Waals surface area contributed by atoms with Crippen molar-refractivity contribution in [2.75, 3.05) is 39.3 Å². The molecule has 10 nitrogen and oxygen atoms in total. The van der Waals surface area contributed by atoms with Gasteiger partial charge in [0.1, 0.15) is 15.4 Å². The molecule has 2 aromatic rings. The number of amides is 3. The molecule has 2 aromatic heterocycles. The van der Waals surface area contributed by atoms with Crippen molar-refractivity contribution in [1.29, 1.82) is 0 Å². The molecule has 5 rings (SSSR count). The highest BCUT2D eigenvalue weighted by Gasteiger charge is 2.39. The van der Waals surface area contributed by atoms with Crippen molar-refractivity contribution in [3.8, 4) is 0 Å². The first-order valence-corrected chi connectivity index (χ1v) is 14.7. The molecule has 3 saturated heterocycles. The number of aromatic nitrogens is 1. The molecule has 194 valence electrons. The maximum atomic E-state index is 13.1. The average molecular weight is 554 g/mol. The van der Waals surface area contributed by atoms with Crippen LogP contribution in [-0.2, 0) is 24.4 Å².